The van der Waals surface area contributed by atoms with Crippen LogP contribution in [0.2, 0.25) is 0 Å². The van der Waals surface area contributed by atoms with E-state index in [1.807, 2.05) is 0 Å². The molecule has 4 fully saturated rings. The number of Topliss-reactive ketones (excluding diaryl/α,β-unsaturated/α-hetero) is 1. The van der Waals surface area contributed by atoms with E-state index in [2.05, 4.69) is 5.32 Å². The lowest BCUT2D eigenvalue weighted by molar-refractivity contribution is -0.147. The van der Waals surface area contributed by atoms with Crippen molar-refractivity contribution < 1.29 is 28.6 Å². The summed E-state index contributed by atoms with van der Waals surface area (Å²) in [6, 6.07) is 4.88. The van der Waals surface area contributed by atoms with Crippen LogP contribution in [0, 0.1) is 23.2 Å². The molecular formula is C24H31NO6. The summed E-state index contributed by atoms with van der Waals surface area (Å²) in [6.07, 6.45) is 6.87. The van der Waals surface area contributed by atoms with Crippen molar-refractivity contribution in [2.75, 3.05) is 27.4 Å². The summed E-state index contributed by atoms with van der Waals surface area (Å²) < 4.78 is 15.5. The zero-order valence-corrected chi connectivity index (χ0v) is 18.3. The van der Waals surface area contributed by atoms with Crippen molar-refractivity contribution >= 4 is 17.7 Å². The molecule has 1 aromatic rings. The third kappa shape index (κ3) is 4.55. The fraction of sp³-hybridized carbons (Fsp3) is 0.625. The Balaban J connectivity index is 1.23. The van der Waals surface area contributed by atoms with Crippen LogP contribution in [0.4, 0.5) is 0 Å². The maximum absolute atomic E-state index is 12.9. The standard InChI is InChI=1S/C24H31NO6/c1-29-18-3-4-21(30-2)19(10-18)20(26)14-31-22(27)5-6-25-23(28)24-11-15-7-16(12-24)9-17(8-15)13-24/h3-4,10,15-17H,5-9,11-14H2,1-2H3,(H,25,28). The smallest absolute Gasteiger partial charge is 0.308 e. The lowest BCUT2D eigenvalue weighted by Gasteiger charge is -2.55. The van der Waals surface area contributed by atoms with E-state index in [-0.39, 0.29) is 36.7 Å². The summed E-state index contributed by atoms with van der Waals surface area (Å²) in [4.78, 5) is 37.5. The van der Waals surface area contributed by atoms with Gasteiger partial charge in [-0.3, -0.25) is 14.4 Å². The number of hydrogen-bond acceptors (Lipinski definition) is 6. The topological polar surface area (TPSA) is 90.9 Å². The van der Waals surface area contributed by atoms with Gasteiger partial charge in [-0.15, -0.1) is 0 Å². The zero-order chi connectivity index (χ0) is 22.0. The van der Waals surface area contributed by atoms with Crippen LogP contribution in [0.5, 0.6) is 11.5 Å². The van der Waals surface area contributed by atoms with Crippen LogP contribution in [0.1, 0.15) is 55.3 Å². The minimum absolute atomic E-state index is 0.0423. The molecule has 4 aliphatic carbocycles. The van der Waals surface area contributed by atoms with E-state index in [9.17, 15) is 14.4 Å². The van der Waals surface area contributed by atoms with Gasteiger partial charge in [-0.2, -0.15) is 0 Å². The zero-order valence-electron chi connectivity index (χ0n) is 18.3. The average Bonchev–Trinajstić information content (AvgIpc) is 2.76. The van der Waals surface area contributed by atoms with Crippen LogP contribution >= 0.6 is 0 Å². The fourth-order valence-corrected chi connectivity index (χ4v) is 6.18. The normalized spacial score (nSPS) is 28.1. The number of nitrogens with one attached hydrogen (secondary N) is 1. The Morgan fingerprint density at radius 2 is 1.65 bits per heavy atom. The number of carbonyl (C=O) groups excluding carboxylic acids is 3. The molecule has 7 nitrogen and oxygen atoms in total. The number of benzene rings is 1. The van der Waals surface area contributed by atoms with Crippen molar-refractivity contribution in [1.29, 1.82) is 0 Å². The Kier molecular flexibility index (Phi) is 6.21. The van der Waals surface area contributed by atoms with Crippen LogP contribution < -0.4 is 14.8 Å². The van der Waals surface area contributed by atoms with Gasteiger partial charge in [0.15, 0.2) is 6.61 Å². The first-order valence-corrected chi connectivity index (χ1v) is 11.1. The highest BCUT2D eigenvalue weighted by molar-refractivity contribution is 6.00. The van der Waals surface area contributed by atoms with E-state index in [4.69, 9.17) is 14.2 Å². The Morgan fingerprint density at radius 1 is 1.00 bits per heavy atom. The van der Waals surface area contributed by atoms with Crippen molar-refractivity contribution in [3.05, 3.63) is 23.8 Å². The first-order valence-electron chi connectivity index (χ1n) is 11.1. The molecule has 1 aromatic carbocycles. The summed E-state index contributed by atoms with van der Waals surface area (Å²) in [5, 5.41) is 2.96. The maximum Gasteiger partial charge on any atom is 0.308 e. The Labute approximate surface area is 182 Å². The molecule has 0 atom stereocenters. The molecule has 1 N–H and O–H groups in total. The van der Waals surface area contributed by atoms with Crippen molar-refractivity contribution in [1.82, 2.24) is 5.32 Å². The van der Waals surface area contributed by atoms with Crippen molar-refractivity contribution in [3.63, 3.8) is 0 Å². The SMILES string of the molecule is COc1ccc(OC)c(C(=O)COC(=O)CCNC(=O)C23CC4CC(CC(C4)C2)C3)c1. The summed E-state index contributed by atoms with van der Waals surface area (Å²) in [7, 11) is 2.98. The fourth-order valence-electron chi connectivity index (χ4n) is 6.18. The van der Waals surface area contributed by atoms with E-state index in [0.717, 1.165) is 19.3 Å². The molecule has 5 rings (SSSR count). The molecule has 1 amide bonds. The Morgan fingerprint density at radius 3 is 2.23 bits per heavy atom. The first kappa shape index (κ1) is 21.7. The Hall–Kier alpha value is -2.57. The van der Waals surface area contributed by atoms with Crippen LogP contribution in [-0.4, -0.2) is 45.0 Å². The summed E-state index contributed by atoms with van der Waals surface area (Å²) >= 11 is 0. The van der Waals surface area contributed by atoms with Crippen LogP contribution in [0.3, 0.4) is 0 Å². The number of rotatable bonds is 9. The van der Waals surface area contributed by atoms with Crippen LogP contribution in [0.15, 0.2) is 18.2 Å². The molecule has 0 aliphatic heterocycles. The molecule has 4 saturated carbocycles. The summed E-state index contributed by atoms with van der Waals surface area (Å²) in [5.74, 6) is 2.21. The minimum Gasteiger partial charge on any atom is -0.497 e. The lowest BCUT2D eigenvalue weighted by Crippen LogP contribution is -2.53. The van der Waals surface area contributed by atoms with Crippen LogP contribution in [0.25, 0.3) is 0 Å². The predicted octanol–water partition coefficient (Wildman–Crippen LogP) is 3.15. The quantitative estimate of drug-likeness (QED) is 0.479. The third-order valence-corrected chi connectivity index (χ3v) is 7.21. The van der Waals surface area contributed by atoms with Crippen molar-refractivity contribution in [2.24, 2.45) is 23.2 Å². The molecule has 7 heteroatoms. The molecular weight excluding hydrogens is 398 g/mol. The van der Waals surface area contributed by atoms with E-state index in [1.165, 1.54) is 33.5 Å². The van der Waals surface area contributed by atoms with Gasteiger partial charge in [-0.1, -0.05) is 0 Å². The van der Waals surface area contributed by atoms with Gasteiger partial charge in [0, 0.05) is 12.0 Å². The number of methoxy groups -OCH3 is 2. The molecule has 0 spiro atoms. The maximum atomic E-state index is 12.9. The molecule has 0 unspecified atom stereocenters. The highest BCUT2D eigenvalue weighted by atomic mass is 16.5. The van der Waals surface area contributed by atoms with Crippen molar-refractivity contribution in [3.8, 4) is 11.5 Å². The lowest BCUT2D eigenvalue weighted by atomic mass is 9.49. The van der Waals surface area contributed by atoms with E-state index >= 15 is 0 Å². The second-order valence-corrected chi connectivity index (χ2v) is 9.35. The number of amides is 1. The van der Waals surface area contributed by atoms with Gasteiger partial charge in [0.2, 0.25) is 11.7 Å². The number of ketones is 1. The van der Waals surface area contributed by atoms with Gasteiger partial charge in [0.25, 0.3) is 0 Å². The molecule has 0 aromatic heterocycles. The Bertz CT molecular complexity index is 828. The second-order valence-electron chi connectivity index (χ2n) is 9.35. The number of ether oxygens (including phenoxy) is 3. The predicted molar refractivity (Wildman–Crippen MR) is 113 cm³/mol. The molecule has 0 heterocycles. The number of carbonyl (C=O) groups is 3. The van der Waals surface area contributed by atoms with Gasteiger partial charge in [0.1, 0.15) is 11.5 Å². The molecule has 168 valence electrons. The van der Waals surface area contributed by atoms with E-state index in [1.54, 1.807) is 18.2 Å². The summed E-state index contributed by atoms with van der Waals surface area (Å²) in [5.41, 5.74) is 0.0714. The highest BCUT2D eigenvalue weighted by Gasteiger charge is 2.54. The molecule has 31 heavy (non-hydrogen) atoms. The average molecular weight is 430 g/mol. The summed E-state index contributed by atoms with van der Waals surface area (Å²) in [6.45, 7) is -0.151. The van der Waals surface area contributed by atoms with E-state index < -0.39 is 5.97 Å². The minimum atomic E-state index is -0.513. The number of hydrogen-bond donors (Lipinski definition) is 1. The molecule has 0 saturated heterocycles. The number of esters is 1. The van der Waals surface area contributed by atoms with Gasteiger partial charge < -0.3 is 19.5 Å². The van der Waals surface area contributed by atoms with Crippen molar-refractivity contribution in [2.45, 2.75) is 44.9 Å². The molecule has 0 radical (unpaired) electrons. The monoisotopic (exact) mass is 429 g/mol. The van der Waals surface area contributed by atoms with Gasteiger partial charge in [0.05, 0.1) is 26.2 Å². The van der Waals surface area contributed by atoms with Gasteiger partial charge >= 0.3 is 5.97 Å². The van der Waals surface area contributed by atoms with Crippen LogP contribution in [-0.2, 0) is 14.3 Å². The van der Waals surface area contributed by atoms with Gasteiger partial charge in [-0.05, 0) is 74.5 Å². The largest absolute Gasteiger partial charge is 0.497 e. The molecule has 4 bridgehead atoms. The second kappa shape index (κ2) is 8.89. The van der Waals surface area contributed by atoms with Gasteiger partial charge in [-0.25, -0.2) is 0 Å². The third-order valence-electron chi connectivity index (χ3n) is 7.21. The molecule has 4 aliphatic rings. The first-order chi connectivity index (χ1) is 14.9. The highest BCUT2D eigenvalue weighted by Crippen LogP contribution is 2.60. The van der Waals surface area contributed by atoms with E-state index in [0.29, 0.717) is 34.8 Å².